The van der Waals surface area contributed by atoms with Crippen LogP contribution in [0.4, 0.5) is 5.69 Å². The smallest absolute Gasteiger partial charge is 0.313 e. The van der Waals surface area contributed by atoms with E-state index in [1.165, 1.54) is 16.7 Å². The number of fused-ring (bicyclic) bond motifs is 1. The molecule has 1 aliphatic heterocycles. The molecule has 2 heterocycles. The fourth-order valence-electron chi connectivity index (χ4n) is 3.96. The molecule has 0 unspecified atom stereocenters. The summed E-state index contributed by atoms with van der Waals surface area (Å²) >= 11 is 0. The van der Waals surface area contributed by atoms with E-state index in [9.17, 15) is 9.59 Å². The summed E-state index contributed by atoms with van der Waals surface area (Å²) in [6, 6.07) is 19.5. The van der Waals surface area contributed by atoms with Gasteiger partial charge in [-0.15, -0.1) is 0 Å². The molecular formula is C25H27N3O3. The van der Waals surface area contributed by atoms with E-state index in [1.54, 1.807) is 18.4 Å². The molecule has 3 aromatic rings. The largest absolute Gasteiger partial charge is 0.468 e. The molecule has 31 heavy (non-hydrogen) atoms. The quantitative estimate of drug-likeness (QED) is 0.600. The first-order valence-electron chi connectivity index (χ1n) is 10.7. The van der Waals surface area contributed by atoms with Gasteiger partial charge in [-0.2, -0.15) is 0 Å². The van der Waals surface area contributed by atoms with E-state index in [0.717, 1.165) is 31.7 Å². The van der Waals surface area contributed by atoms with E-state index in [2.05, 4.69) is 40.7 Å². The molecule has 6 heteroatoms. The number of benzene rings is 2. The third-order valence-corrected chi connectivity index (χ3v) is 5.75. The third kappa shape index (κ3) is 5.03. The second-order valence-electron chi connectivity index (χ2n) is 7.74. The summed E-state index contributed by atoms with van der Waals surface area (Å²) in [4.78, 5) is 27.1. The molecule has 0 radical (unpaired) electrons. The van der Waals surface area contributed by atoms with Gasteiger partial charge in [-0.1, -0.05) is 43.3 Å². The Hall–Kier alpha value is -3.38. The molecule has 4 rings (SSSR count). The number of hydrogen-bond acceptors (Lipinski definition) is 4. The van der Waals surface area contributed by atoms with E-state index < -0.39 is 11.8 Å². The van der Waals surface area contributed by atoms with Gasteiger partial charge in [0.1, 0.15) is 5.76 Å². The zero-order chi connectivity index (χ0) is 21.6. The Morgan fingerprint density at radius 2 is 1.77 bits per heavy atom. The number of furan rings is 1. The Balaban J connectivity index is 1.39. The van der Waals surface area contributed by atoms with Crippen molar-refractivity contribution in [2.24, 2.45) is 0 Å². The van der Waals surface area contributed by atoms with Crippen LogP contribution >= 0.6 is 0 Å². The Labute approximate surface area is 182 Å². The predicted molar refractivity (Wildman–Crippen MR) is 119 cm³/mol. The van der Waals surface area contributed by atoms with Crippen molar-refractivity contribution >= 4 is 17.5 Å². The fraction of sp³-hybridized carbons (Fsp3) is 0.280. The Morgan fingerprint density at radius 3 is 2.48 bits per heavy atom. The van der Waals surface area contributed by atoms with Crippen LogP contribution in [0.1, 0.15) is 35.4 Å². The first-order valence-corrected chi connectivity index (χ1v) is 10.7. The lowest BCUT2D eigenvalue weighted by atomic mass is 9.98. The summed E-state index contributed by atoms with van der Waals surface area (Å²) in [6.07, 6.45) is 3.49. The average molecular weight is 418 g/mol. The summed E-state index contributed by atoms with van der Waals surface area (Å²) in [5.74, 6) is -0.560. The van der Waals surface area contributed by atoms with Gasteiger partial charge in [0.2, 0.25) is 0 Å². The van der Waals surface area contributed by atoms with E-state index >= 15 is 0 Å². The maximum Gasteiger partial charge on any atom is 0.313 e. The highest BCUT2D eigenvalue weighted by Gasteiger charge is 2.27. The Kier molecular flexibility index (Phi) is 6.48. The zero-order valence-corrected chi connectivity index (χ0v) is 17.6. The van der Waals surface area contributed by atoms with Gasteiger partial charge in [0.25, 0.3) is 0 Å². The van der Waals surface area contributed by atoms with Gasteiger partial charge in [0.15, 0.2) is 0 Å². The summed E-state index contributed by atoms with van der Waals surface area (Å²) in [5, 5.41) is 5.44. The van der Waals surface area contributed by atoms with Crippen LogP contribution < -0.4 is 10.6 Å². The van der Waals surface area contributed by atoms with Gasteiger partial charge >= 0.3 is 11.8 Å². The summed E-state index contributed by atoms with van der Waals surface area (Å²) in [5.41, 5.74) is 4.42. The molecule has 0 spiro atoms. The normalized spacial score (nSPS) is 14.5. The third-order valence-electron chi connectivity index (χ3n) is 5.75. The standard InChI is InChI=1S/C25H27N3O3/c1-2-18-9-11-21(12-10-18)27-25(30)24(29)26-16-22(23-8-5-15-31-23)28-14-13-19-6-3-4-7-20(19)17-28/h3-12,15,22H,2,13-14,16-17H2,1H3,(H,26,29)(H,27,30)/t22-/m0/s1. The van der Waals surface area contributed by atoms with Crippen LogP contribution in [0.2, 0.25) is 0 Å². The molecule has 1 aromatic heterocycles. The van der Waals surface area contributed by atoms with Gasteiger partial charge in [0, 0.05) is 25.3 Å². The van der Waals surface area contributed by atoms with Crippen molar-refractivity contribution in [2.45, 2.75) is 32.4 Å². The topological polar surface area (TPSA) is 74.6 Å². The summed E-state index contributed by atoms with van der Waals surface area (Å²) in [7, 11) is 0. The lowest BCUT2D eigenvalue weighted by Gasteiger charge is -2.34. The van der Waals surface area contributed by atoms with Gasteiger partial charge < -0.3 is 15.1 Å². The molecule has 0 saturated carbocycles. The minimum Gasteiger partial charge on any atom is -0.468 e. The highest BCUT2D eigenvalue weighted by Crippen LogP contribution is 2.27. The summed E-state index contributed by atoms with van der Waals surface area (Å²) < 4.78 is 5.65. The molecule has 0 bridgehead atoms. The highest BCUT2D eigenvalue weighted by molar-refractivity contribution is 6.39. The molecule has 2 aromatic carbocycles. The van der Waals surface area contributed by atoms with Gasteiger partial charge in [-0.25, -0.2) is 0 Å². The molecule has 0 aliphatic carbocycles. The molecular weight excluding hydrogens is 390 g/mol. The number of nitrogens with one attached hydrogen (secondary N) is 2. The highest BCUT2D eigenvalue weighted by atomic mass is 16.3. The second kappa shape index (κ2) is 9.62. The maximum absolute atomic E-state index is 12.5. The first-order chi connectivity index (χ1) is 15.1. The molecule has 0 fully saturated rings. The minimum absolute atomic E-state index is 0.149. The Morgan fingerprint density at radius 1 is 1.00 bits per heavy atom. The average Bonchev–Trinajstić information content (AvgIpc) is 3.34. The molecule has 1 atom stereocenters. The molecule has 160 valence electrons. The second-order valence-corrected chi connectivity index (χ2v) is 7.74. The first kappa shape index (κ1) is 20.9. The Bertz CT molecular complexity index is 1030. The van der Waals surface area contributed by atoms with E-state index in [1.807, 2.05) is 30.3 Å². The van der Waals surface area contributed by atoms with Crippen LogP contribution in [0.3, 0.4) is 0 Å². The van der Waals surface area contributed by atoms with E-state index in [-0.39, 0.29) is 12.6 Å². The SMILES string of the molecule is CCc1ccc(NC(=O)C(=O)NC[C@@H](c2ccco2)N2CCc3ccccc3C2)cc1. The number of aryl methyl sites for hydroxylation is 1. The van der Waals surface area contributed by atoms with E-state index in [0.29, 0.717) is 5.69 Å². The summed E-state index contributed by atoms with van der Waals surface area (Å²) in [6.45, 7) is 3.98. The van der Waals surface area contributed by atoms with Crippen molar-refractivity contribution in [1.82, 2.24) is 10.2 Å². The van der Waals surface area contributed by atoms with Crippen LogP contribution in [0, 0.1) is 0 Å². The van der Waals surface area contributed by atoms with Crippen LogP contribution in [-0.4, -0.2) is 29.8 Å². The lowest BCUT2D eigenvalue weighted by molar-refractivity contribution is -0.136. The van der Waals surface area contributed by atoms with Crippen LogP contribution in [0.5, 0.6) is 0 Å². The number of anilines is 1. The van der Waals surface area contributed by atoms with Crippen molar-refractivity contribution < 1.29 is 14.0 Å². The minimum atomic E-state index is -0.675. The van der Waals surface area contributed by atoms with Crippen molar-refractivity contribution in [1.29, 1.82) is 0 Å². The molecule has 2 amide bonds. The number of carbonyl (C=O) groups is 2. The van der Waals surface area contributed by atoms with E-state index in [4.69, 9.17) is 4.42 Å². The fourth-order valence-corrected chi connectivity index (χ4v) is 3.96. The lowest BCUT2D eigenvalue weighted by Crippen LogP contribution is -2.43. The molecule has 2 N–H and O–H groups in total. The molecule has 0 saturated heterocycles. The van der Waals surface area contributed by atoms with Crippen molar-refractivity contribution in [3.05, 3.63) is 89.4 Å². The van der Waals surface area contributed by atoms with Gasteiger partial charge in [-0.05, 0) is 53.8 Å². The number of carbonyl (C=O) groups excluding carboxylic acids is 2. The number of rotatable bonds is 6. The predicted octanol–water partition coefficient (Wildman–Crippen LogP) is 3.70. The van der Waals surface area contributed by atoms with Crippen LogP contribution in [0.25, 0.3) is 0 Å². The van der Waals surface area contributed by atoms with Crippen LogP contribution in [-0.2, 0) is 29.0 Å². The van der Waals surface area contributed by atoms with Crippen molar-refractivity contribution in [2.75, 3.05) is 18.4 Å². The van der Waals surface area contributed by atoms with Crippen LogP contribution in [0.15, 0.2) is 71.3 Å². The molecule has 1 aliphatic rings. The number of hydrogen-bond donors (Lipinski definition) is 2. The number of nitrogens with zero attached hydrogens (tertiary/aromatic N) is 1. The van der Waals surface area contributed by atoms with Crippen molar-refractivity contribution in [3.63, 3.8) is 0 Å². The maximum atomic E-state index is 12.5. The molecule has 6 nitrogen and oxygen atoms in total. The number of amides is 2. The zero-order valence-electron chi connectivity index (χ0n) is 17.6. The van der Waals surface area contributed by atoms with Gasteiger partial charge in [0.05, 0.1) is 12.3 Å². The van der Waals surface area contributed by atoms with Gasteiger partial charge in [-0.3, -0.25) is 14.5 Å². The monoisotopic (exact) mass is 417 g/mol. The van der Waals surface area contributed by atoms with Crippen molar-refractivity contribution in [3.8, 4) is 0 Å².